The van der Waals surface area contributed by atoms with E-state index in [9.17, 15) is 0 Å². The lowest BCUT2D eigenvalue weighted by molar-refractivity contribution is 0.566. The fraction of sp³-hybridized carbons (Fsp3) is 0.474. The Labute approximate surface area is 145 Å². The number of aliphatic imine (C=N–C) groups is 1. The van der Waals surface area contributed by atoms with Crippen molar-refractivity contribution >= 4 is 5.96 Å². The summed E-state index contributed by atoms with van der Waals surface area (Å²) in [5.41, 5.74) is 3.53. The van der Waals surface area contributed by atoms with Gasteiger partial charge in [-0.3, -0.25) is 9.67 Å². The van der Waals surface area contributed by atoms with Crippen molar-refractivity contribution in [3.63, 3.8) is 0 Å². The number of benzene rings is 1. The van der Waals surface area contributed by atoms with Gasteiger partial charge in [0.25, 0.3) is 0 Å². The van der Waals surface area contributed by atoms with Gasteiger partial charge in [-0.15, -0.1) is 0 Å². The van der Waals surface area contributed by atoms with E-state index in [-0.39, 0.29) is 6.04 Å². The van der Waals surface area contributed by atoms with Crippen LogP contribution >= 0.6 is 0 Å². The van der Waals surface area contributed by atoms with Crippen LogP contribution in [-0.4, -0.2) is 28.8 Å². The predicted octanol–water partition coefficient (Wildman–Crippen LogP) is 3.21. The van der Waals surface area contributed by atoms with Crippen LogP contribution < -0.4 is 10.6 Å². The average Bonchev–Trinajstić information content (AvgIpc) is 2.90. The van der Waals surface area contributed by atoms with E-state index >= 15 is 0 Å². The average molecular weight is 327 g/mol. The van der Waals surface area contributed by atoms with Crippen LogP contribution in [0.1, 0.15) is 43.3 Å². The maximum absolute atomic E-state index is 4.68. The molecule has 5 nitrogen and oxygen atoms in total. The monoisotopic (exact) mass is 327 g/mol. The van der Waals surface area contributed by atoms with Crippen LogP contribution in [0.4, 0.5) is 0 Å². The number of nitrogens with zero attached hydrogens (tertiary/aromatic N) is 3. The van der Waals surface area contributed by atoms with Crippen LogP contribution in [0.2, 0.25) is 0 Å². The van der Waals surface area contributed by atoms with Gasteiger partial charge in [-0.25, -0.2) is 0 Å². The van der Waals surface area contributed by atoms with E-state index in [1.165, 1.54) is 11.3 Å². The topological polar surface area (TPSA) is 54.2 Å². The van der Waals surface area contributed by atoms with Crippen molar-refractivity contribution in [1.29, 1.82) is 0 Å². The summed E-state index contributed by atoms with van der Waals surface area (Å²) in [7, 11) is 0. The van der Waals surface area contributed by atoms with Gasteiger partial charge in [-0.1, -0.05) is 30.3 Å². The van der Waals surface area contributed by atoms with E-state index in [4.69, 9.17) is 0 Å². The summed E-state index contributed by atoms with van der Waals surface area (Å²) in [6.45, 7) is 10.9. The summed E-state index contributed by atoms with van der Waals surface area (Å²) in [5.74, 6) is 0.863. The van der Waals surface area contributed by atoms with Gasteiger partial charge >= 0.3 is 0 Å². The summed E-state index contributed by atoms with van der Waals surface area (Å²) >= 11 is 0. The van der Waals surface area contributed by atoms with Gasteiger partial charge in [-0.2, -0.15) is 5.10 Å². The van der Waals surface area contributed by atoms with E-state index in [0.29, 0.717) is 0 Å². The molecule has 5 heteroatoms. The molecule has 2 N–H and O–H groups in total. The number of guanidine groups is 1. The molecule has 24 heavy (non-hydrogen) atoms. The zero-order valence-electron chi connectivity index (χ0n) is 15.2. The summed E-state index contributed by atoms with van der Waals surface area (Å²) in [6.07, 6.45) is 0.970. The van der Waals surface area contributed by atoms with Crippen LogP contribution in [0.15, 0.2) is 41.4 Å². The highest BCUT2D eigenvalue weighted by Crippen LogP contribution is 2.10. The second kappa shape index (κ2) is 9.11. The molecule has 2 aromatic rings. The lowest BCUT2D eigenvalue weighted by Gasteiger charge is -2.18. The minimum absolute atomic E-state index is 0.222. The highest BCUT2D eigenvalue weighted by atomic mass is 15.3. The molecule has 130 valence electrons. The molecule has 0 bridgehead atoms. The van der Waals surface area contributed by atoms with E-state index in [2.05, 4.69) is 76.5 Å². The SMILES string of the molecule is CCNC(=NCCCn1nc(C)cc1C)NC(C)c1ccccc1. The van der Waals surface area contributed by atoms with E-state index in [0.717, 1.165) is 37.7 Å². The zero-order chi connectivity index (χ0) is 17.4. The summed E-state index contributed by atoms with van der Waals surface area (Å²) in [6, 6.07) is 12.7. The molecular weight excluding hydrogens is 298 g/mol. The van der Waals surface area contributed by atoms with Gasteiger partial charge in [0.15, 0.2) is 5.96 Å². The molecule has 0 fully saturated rings. The largest absolute Gasteiger partial charge is 0.357 e. The van der Waals surface area contributed by atoms with Crippen LogP contribution in [0, 0.1) is 13.8 Å². The normalized spacial score (nSPS) is 12.9. The first-order valence-electron chi connectivity index (χ1n) is 8.71. The molecule has 0 amide bonds. The Hall–Kier alpha value is -2.30. The predicted molar refractivity (Wildman–Crippen MR) is 100 cm³/mol. The molecule has 0 aliphatic rings. The minimum atomic E-state index is 0.222. The first kappa shape index (κ1) is 18.0. The third-order valence-corrected chi connectivity index (χ3v) is 3.90. The van der Waals surface area contributed by atoms with Crippen molar-refractivity contribution in [1.82, 2.24) is 20.4 Å². The molecule has 0 radical (unpaired) electrons. The van der Waals surface area contributed by atoms with Gasteiger partial charge in [0.1, 0.15) is 0 Å². The molecule has 1 aromatic carbocycles. The molecular formula is C19H29N5. The second-order valence-electron chi connectivity index (χ2n) is 6.04. The van der Waals surface area contributed by atoms with Crippen molar-refractivity contribution in [3.05, 3.63) is 53.3 Å². The van der Waals surface area contributed by atoms with Crippen LogP contribution in [-0.2, 0) is 6.54 Å². The van der Waals surface area contributed by atoms with Gasteiger partial charge in [-0.05, 0) is 45.7 Å². The highest BCUT2D eigenvalue weighted by molar-refractivity contribution is 5.80. The zero-order valence-corrected chi connectivity index (χ0v) is 15.2. The molecule has 0 aliphatic heterocycles. The van der Waals surface area contributed by atoms with E-state index in [1.807, 2.05) is 13.0 Å². The quantitative estimate of drug-likeness (QED) is 0.466. The smallest absolute Gasteiger partial charge is 0.191 e. The summed E-state index contributed by atoms with van der Waals surface area (Å²) in [4.78, 5) is 4.68. The highest BCUT2D eigenvalue weighted by Gasteiger charge is 2.07. The minimum Gasteiger partial charge on any atom is -0.357 e. The third kappa shape index (κ3) is 5.41. The lowest BCUT2D eigenvalue weighted by atomic mass is 10.1. The first-order valence-corrected chi connectivity index (χ1v) is 8.71. The Balaban J connectivity index is 1.87. The lowest BCUT2D eigenvalue weighted by Crippen LogP contribution is -2.38. The van der Waals surface area contributed by atoms with E-state index < -0.39 is 0 Å². The Morgan fingerprint density at radius 3 is 2.62 bits per heavy atom. The number of rotatable bonds is 7. The van der Waals surface area contributed by atoms with Gasteiger partial charge < -0.3 is 10.6 Å². The maximum Gasteiger partial charge on any atom is 0.191 e. The molecule has 1 aromatic heterocycles. The molecule has 0 aliphatic carbocycles. The molecule has 1 unspecified atom stereocenters. The fourth-order valence-corrected chi connectivity index (χ4v) is 2.66. The van der Waals surface area contributed by atoms with Crippen molar-refractivity contribution in [3.8, 4) is 0 Å². The Morgan fingerprint density at radius 2 is 2.00 bits per heavy atom. The molecule has 0 spiro atoms. The number of aromatic nitrogens is 2. The third-order valence-electron chi connectivity index (χ3n) is 3.90. The van der Waals surface area contributed by atoms with Gasteiger partial charge in [0, 0.05) is 25.3 Å². The first-order chi connectivity index (χ1) is 11.6. The standard InChI is InChI=1S/C19H29N5/c1-5-20-19(22-17(4)18-10-7-6-8-11-18)21-12-9-13-24-16(3)14-15(2)23-24/h6-8,10-11,14,17H,5,9,12-13H2,1-4H3,(H2,20,21,22). The molecule has 1 heterocycles. The molecule has 2 rings (SSSR count). The van der Waals surface area contributed by atoms with Crippen molar-refractivity contribution in [2.75, 3.05) is 13.1 Å². The van der Waals surface area contributed by atoms with Crippen LogP contribution in [0.3, 0.4) is 0 Å². The maximum atomic E-state index is 4.68. The van der Waals surface area contributed by atoms with Crippen molar-refractivity contribution in [2.24, 2.45) is 4.99 Å². The molecule has 0 saturated heterocycles. The summed E-state index contributed by atoms with van der Waals surface area (Å²) < 4.78 is 2.05. The number of hydrogen-bond acceptors (Lipinski definition) is 2. The fourth-order valence-electron chi connectivity index (χ4n) is 2.66. The Bertz CT molecular complexity index is 645. The molecule has 0 saturated carbocycles. The number of hydrogen-bond donors (Lipinski definition) is 2. The van der Waals surface area contributed by atoms with Crippen LogP contribution in [0.5, 0.6) is 0 Å². The van der Waals surface area contributed by atoms with Crippen molar-refractivity contribution < 1.29 is 0 Å². The van der Waals surface area contributed by atoms with Gasteiger partial charge in [0.05, 0.1) is 11.7 Å². The summed E-state index contributed by atoms with van der Waals surface area (Å²) in [5, 5.41) is 11.3. The van der Waals surface area contributed by atoms with Gasteiger partial charge in [0.2, 0.25) is 0 Å². The number of nitrogens with one attached hydrogen (secondary N) is 2. The van der Waals surface area contributed by atoms with Crippen LogP contribution in [0.25, 0.3) is 0 Å². The van der Waals surface area contributed by atoms with E-state index in [1.54, 1.807) is 0 Å². The second-order valence-corrected chi connectivity index (χ2v) is 6.04. The number of aryl methyl sites for hydroxylation is 3. The van der Waals surface area contributed by atoms with Crippen molar-refractivity contribution in [2.45, 2.75) is 46.7 Å². The molecule has 1 atom stereocenters. The Kier molecular flexibility index (Phi) is 6.85. The Morgan fingerprint density at radius 1 is 1.25 bits per heavy atom.